The molecule has 0 aliphatic carbocycles. The number of para-hydroxylation sites is 1. The van der Waals surface area contributed by atoms with Gasteiger partial charge in [0, 0.05) is 29.4 Å². The van der Waals surface area contributed by atoms with Crippen molar-refractivity contribution in [2.45, 2.75) is 20.4 Å². The summed E-state index contributed by atoms with van der Waals surface area (Å²) in [6.07, 6.45) is 3.83. The second kappa shape index (κ2) is 5.74. The maximum absolute atomic E-state index is 11.9. The van der Waals surface area contributed by atoms with Crippen LogP contribution in [0.2, 0.25) is 0 Å². The van der Waals surface area contributed by atoms with Gasteiger partial charge in [-0.05, 0) is 12.1 Å². The molecule has 0 saturated carbocycles. The summed E-state index contributed by atoms with van der Waals surface area (Å²) in [7, 11) is 1.67. The third-order valence-electron chi connectivity index (χ3n) is 3.10. The maximum atomic E-state index is 11.9. The van der Waals surface area contributed by atoms with Gasteiger partial charge in [-0.2, -0.15) is 0 Å². The Morgan fingerprint density at radius 1 is 1.26 bits per heavy atom. The van der Waals surface area contributed by atoms with Crippen molar-refractivity contribution in [2.24, 2.45) is 5.92 Å². The van der Waals surface area contributed by atoms with E-state index in [1.807, 2.05) is 61.1 Å². The van der Waals surface area contributed by atoms with Crippen LogP contribution in [0.5, 0.6) is 5.75 Å². The molecule has 0 saturated heterocycles. The molecule has 0 radical (unpaired) electrons. The highest BCUT2D eigenvalue weighted by Crippen LogP contribution is 2.19. The highest BCUT2D eigenvalue weighted by atomic mass is 16.5. The van der Waals surface area contributed by atoms with Crippen molar-refractivity contribution in [3.8, 4) is 5.75 Å². The number of hydrogen-bond donors (Lipinski definition) is 0. The van der Waals surface area contributed by atoms with Gasteiger partial charge >= 0.3 is 0 Å². The highest BCUT2D eigenvalue weighted by Gasteiger charge is 2.12. The Kier molecular flexibility index (Phi) is 4.05. The Hall–Kier alpha value is -2.03. The molecule has 1 aromatic heterocycles. The van der Waals surface area contributed by atoms with Crippen LogP contribution in [0.1, 0.15) is 29.8 Å². The van der Waals surface area contributed by atoms with E-state index in [1.54, 1.807) is 7.11 Å². The Morgan fingerprint density at radius 3 is 2.68 bits per heavy atom. The molecule has 0 spiro atoms. The Morgan fingerprint density at radius 2 is 2.00 bits per heavy atom. The SMILES string of the molecule is COc1ccccc1Cn1ccc(C(=O)C(C)C)c1. The van der Waals surface area contributed by atoms with Crippen LogP contribution in [0, 0.1) is 5.92 Å². The van der Waals surface area contributed by atoms with Crippen molar-refractivity contribution < 1.29 is 9.53 Å². The minimum Gasteiger partial charge on any atom is -0.496 e. The zero-order valence-corrected chi connectivity index (χ0v) is 11.6. The molecule has 0 aliphatic heterocycles. The number of ether oxygens (including phenoxy) is 1. The molecule has 0 fully saturated rings. The smallest absolute Gasteiger partial charge is 0.166 e. The fraction of sp³-hybridized carbons (Fsp3) is 0.312. The number of nitrogens with zero attached hydrogens (tertiary/aromatic N) is 1. The Bertz CT molecular complexity index is 570. The quantitative estimate of drug-likeness (QED) is 0.769. The van der Waals surface area contributed by atoms with E-state index in [2.05, 4.69) is 0 Å². The van der Waals surface area contributed by atoms with Gasteiger partial charge in [0.05, 0.1) is 13.7 Å². The summed E-state index contributed by atoms with van der Waals surface area (Å²) in [5.74, 6) is 1.08. The van der Waals surface area contributed by atoms with E-state index in [4.69, 9.17) is 4.74 Å². The molecule has 0 amide bonds. The van der Waals surface area contributed by atoms with Crippen molar-refractivity contribution in [3.05, 3.63) is 53.9 Å². The standard InChI is InChI=1S/C16H19NO2/c1-12(2)16(18)14-8-9-17(11-14)10-13-6-4-5-7-15(13)19-3/h4-9,11-12H,10H2,1-3H3. The summed E-state index contributed by atoms with van der Waals surface area (Å²) < 4.78 is 7.34. The minimum atomic E-state index is 0.0297. The third kappa shape index (κ3) is 3.05. The molecular formula is C16H19NO2. The van der Waals surface area contributed by atoms with Crippen LogP contribution in [-0.2, 0) is 6.54 Å². The first-order chi connectivity index (χ1) is 9.11. The van der Waals surface area contributed by atoms with Crippen molar-refractivity contribution >= 4 is 5.78 Å². The number of benzene rings is 1. The molecule has 1 aromatic carbocycles. The van der Waals surface area contributed by atoms with Crippen molar-refractivity contribution in [1.29, 1.82) is 0 Å². The second-order valence-corrected chi connectivity index (χ2v) is 4.90. The van der Waals surface area contributed by atoms with Gasteiger partial charge in [-0.15, -0.1) is 0 Å². The van der Waals surface area contributed by atoms with Crippen LogP contribution < -0.4 is 4.74 Å². The molecule has 3 nitrogen and oxygen atoms in total. The summed E-state index contributed by atoms with van der Waals surface area (Å²) in [6, 6.07) is 9.78. The van der Waals surface area contributed by atoms with Gasteiger partial charge in [0.2, 0.25) is 0 Å². The topological polar surface area (TPSA) is 31.2 Å². The Balaban J connectivity index is 2.18. The normalized spacial score (nSPS) is 10.7. The number of aromatic nitrogens is 1. The zero-order valence-electron chi connectivity index (χ0n) is 11.6. The van der Waals surface area contributed by atoms with Crippen LogP contribution in [0.3, 0.4) is 0 Å². The summed E-state index contributed by atoms with van der Waals surface area (Å²) in [5.41, 5.74) is 1.87. The van der Waals surface area contributed by atoms with Gasteiger partial charge in [-0.3, -0.25) is 4.79 Å². The average Bonchev–Trinajstić information content (AvgIpc) is 2.87. The fourth-order valence-corrected chi connectivity index (χ4v) is 2.05. The van der Waals surface area contributed by atoms with Gasteiger partial charge in [-0.25, -0.2) is 0 Å². The molecule has 0 atom stereocenters. The molecule has 2 aromatic rings. The predicted molar refractivity (Wildman–Crippen MR) is 75.7 cm³/mol. The molecule has 19 heavy (non-hydrogen) atoms. The number of Topliss-reactive ketones (excluding diaryl/α,β-unsaturated/α-hetero) is 1. The van der Waals surface area contributed by atoms with E-state index in [1.165, 1.54) is 0 Å². The molecule has 1 heterocycles. The molecule has 0 N–H and O–H groups in total. The molecule has 0 unspecified atom stereocenters. The van der Waals surface area contributed by atoms with Crippen LogP contribution in [-0.4, -0.2) is 17.5 Å². The largest absolute Gasteiger partial charge is 0.496 e. The fourth-order valence-electron chi connectivity index (χ4n) is 2.05. The van der Waals surface area contributed by atoms with E-state index in [0.717, 1.165) is 16.9 Å². The van der Waals surface area contributed by atoms with Crippen LogP contribution in [0.4, 0.5) is 0 Å². The van der Waals surface area contributed by atoms with Crippen LogP contribution in [0.25, 0.3) is 0 Å². The molecule has 2 rings (SSSR count). The number of ketones is 1. The van der Waals surface area contributed by atoms with Crippen LogP contribution >= 0.6 is 0 Å². The Labute approximate surface area is 113 Å². The molecule has 0 bridgehead atoms. The monoisotopic (exact) mass is 257 g/mol. The number of methoxy groups -OCH3 is 1. The van der Waals surface area contributed by atoms with Gasteiger partial charge in [0.25, 0.3) is 0 Å². The lowest BCUT2D eigenvalue weighted by Gasteiger charge is -2.08. The van der Waals surface area contributed by atoms with Crippen molar-refractivity contribution in [2.75, 3.05) is 7.11 Å². The first kappa shape index (κ1) is 13.4. The van der Waals surface area contributed by atoms with E-state index < -0.39 is 0 Å². The lowest BCUT2D eigenvalue weighted by Crippen LogP contribution is -2.06. The minimum absolute atomic E-state index is 0.0297. The zero-order chi connectivity index (χ0) is 13.8. The van der Waals surface area contributed by atoms with E-state index in [9.17, 15) is 4.79 Å². The van der Waals surface area contributed by atoms with Crippen molar-refractivity contribution in [1.82, 2.24) is 4.57 Å². The predicted octanol–water partition coefficient (Wildman–Crippen LogP) is 3.38. The second-order valence-electron chi connectivity index (χ2n) is 4.90. The first-order valence-electron chi connectivity index (χ1n) is 6.43. The summed E-state index contributed by atoms with van der Waals surface area (Å²) in [5, 5.41) is 0. The first-order valence-corrected chi connectivity index (χ1v) is 6.43. The van der Waals surface area contributed by atoms with Gasteiger partial charge in [0.15, 0.2) is 5.78 Å². The van der Waals surface area contributed by atoms with Gasteiger partial charge in [0.1, 0.15) is 5.75 Å². The molecule has 3 heteroatoms. The highest BCUT2D eigenvalue weighted by molar-refractivity contribution is 5.97. The van der Waals surface area contributed by atoms with Gasteiger partial charge in [-0.1, -0.05) is 32.0 Å². The van der Waals surface area contributed by atoms with E-state index in [0.29, 0.717) is 6.54 Å². The summed E-state index contributed by atoms with van der Waals surface area (Å²) in [4.78, 5) is 11.9. The third-order valence-corrected chi connectivity index (χ3v) is 3.10. The lowest BCUT2D eigenvalue weighted by atomic mass is 10.0. The lowest BCUT2D eigenvalue weighted by molar-refractivity contribution is 0.0939. The number of carbonyl (C=O) groups is 1. The van der Waals surface area contributed by atoms with E-state index >= 15 is 0 Å². The number of carbonyl (C=O) groups excluding carboxylic acids is 1. The molecule has 0 aliphatic rings. The van der Waals surface area contributed by atoms with Gasteiger partial charge < -0.3 is 9.30 Å². The van der Waals surface area contributed by atoms with Crippen LogP contribution in [0.15, 0.2) is 42.7 Å². The maximum Gasteiger partial charge on any atom is 0.166 e. The van der Waals surface area contributed by atoms with E-state index in [-0.39, 0.29) is 11.7 Å². The summed E-state index contributed by atoms with van der Waals surface area (Å²) >= 11 is 0. The molecule has 100 valence electrons. The van der Waals surface area contributed by atoms with Crippen molar-refractivity contribution in [3.63, 3.8) is 0 Å². The number of hydrogen-bond acceptors (Lipinski definition) is 2. The summed E-state index contributed by atoms with van der Waals surface area (Å²) in [6.45, 7) is 4.54. The number of rotatable bonds is 5. The molecular weight excluding hydrogens is 238 g/mol. The average molecular weight is 257 g/mol.